The van der Waals surface area contributed by atoms with E-state index in [1.165, 1.54) is 75.6 Å². The number of hydrogen-bond acceptors (Lipinski definition) is 6. The van der Waals surface area contributed by atoms with E-state index in [0.717, 1.165) is 19.4 Å². The number of hydrogen-bond donors (Lipinski definition) is 0. The highest BCUT2D eigenvalue weighted by Crippen LogP contribution is 2.27. The lowest BCUT2D eigenvalue weighted by Crippen LogP contribution is -2.51. The molecule has 0 spiro atoms. The highest BCUT2D eigenvalue weighted by molar-refractivity contribution is 7.91. The molecule has 1 aromatic carbocycles. The van der Waals surface area contributed by atoms with Crippen molar-refractivity contribution in [3.63, 3.8) is 0 Å². The summed E-state index contributed by atoms with van der Waals surface area (Å²) < 4.78 is 26.5. The van der Waals surface area contributed by atoms with Gasteiger partial charge in [0, 0.05) is 36.8 Å². The van der Waals surface area contributed by atoms with Gasteiger partial charge in [0.2, 0.25) is 0 Å². The molecule has 1 aromatic rings. The molecule has 0 N–H and O–H groups in total. The Labute approximate surface area is 186 Å². The highest BCUT2D eigenvalue weighted by Gasteiger charge is 2.32. The van der Waals surface area contributed by atoms with Crippen LogP contribution in [0.1, 0.15) is 64.2 Å². The first-order valence-electron chi connectivity index (χ1n) is 11.7. The summed E-state index contributed by atoms with van der Waals surface area (Å²) in [5.74, 6) is 0.0366. The highest BCUT2D eigenvalue weighted by atomic mass is 32.2. The maximum absolute atomic E-state index is 13.3. The molecule has 0 aliphatic heterocycles. The second-order valence-electron chi connectivity index (χ2n) is 9.37. The number of benzene rings is 1. The van der Waals surface area contributed by atoms with E-state index in [1.807, 2.05) is 0 Å². The van der Waals surface area contributed by atoms with E-state index in [9.17, 15) is 18.5 Å². The zero-order valence-electron chi connectivity index (χ0n) is 18.9. The molecule has 2 aliphatic rings. The van der Waals surface area contributed by atoms with Crippen molar-refractivity contribution >= 4 is 15.5 Å². The van der Waals surface area contributed by atoms with Crippen LogP contribution in [0.5, 0.6) is 0 Å². The molecule has 1 atom stereocenters. The Morgan fingerprint density at radius 3 is 1.97 bits per heavy atom. The summed E-state index contributed by atoms with van der Waals surface area (Å²) in [4.78, 5) is 15.3. The number of sulfone groups is 1. The van der Waals surface area contributed by atoms with Crippen LogP contribution < -0.4 is 0 Å². The molecule has 0 heterocycles. The van der Waals surface area contributed by atoms with Gasteiger partial charge in [-0.1, -0.05) is 38.5 Å². The minimum Gasteiger partial charge on any atom is -0.302 e. The molecular weight excluding hydrogens is 414 g/mol. The maximum Gasteiger partial charge on any atom is 0.269 e. The number of nitrogens with zero attached hydrogens (tertiary/aromatic N) is 3. The standard InChI is InChI=1S/C23H37N3O4S/c1-24(19-9-5-3-6-10-19)17-22(25(2)20-11-7-4-8-12-20)18-31(29,30)23-15-13-21(14-16-23)26(27)28/h13-16,19-20,22H,3-12,17-18H2,1-2H3. The van der Waals surface area contributed by atoms with Gasteiger partial charge in [-0.2, -0.15) is 0 Å². The number of likely N-dealkylation sites (N-methyl/N-ethyl adjacent to an activating group) is 2. The molecule has 0 bridgehead atoms. The zero-order valence-corrected chi connectivity index (χ0v) is 19.7. The lowest BCUT2D eigenvalue weighted by Gasteiger charge is -2.41. The third kappa shape index (κ3) is 6.49. The Kier molecular flexibility index (Phi) is 8.47. The normalized spacial score (nSPS) is 20.3. The predicted octanol–water partition coefficient (Wildman–Crippen LogP) is 4.27. The van der Waals surface area contributed by atoms with E-state index in [4.69, 9.17) is 0 Å². The van der Waals surface area contributed by atoms with E-state index < -0.39 is 14.8 Å². The second kappa shape index (κ2) is 10.9. The van der Waals surface area contributed by atoms with Crippen molar-refractivity contribution in [3.05, 3.63) is 34.4 Å². The van der Waals surface area contributed by atoms with E-state index in [1.54, 1.807) is 0 Å². The van der Waals surface area contributed by atoms with Crippen LogP contribution in [0.3, 0.4) is 0 Å². The van der Waals surface area contributed by atoms with Gasteiger partial charge < -0.3 is 4.90 Å². The van der Waals surface area contributed by atoms with Crippen LogP contribution in [-0.4, -0.2) is 67.7 Å². The summed E-state index contributed by atoms with van der Waals surface area (Å²) >= 11 is 0. The fourth-order valence-corrected chi connectivity index (χ4v) is 6.80. The van der Waals surface area contributed by atoms with Crippen LogP contribution in [-0.2, 0) is 9.84 Å². The van der Waals surface area contributed by atoms with Crippen LogP contribution >= 0.6 is 0 Å². The predicted molar refractivity (Wildman–Crippen MR) is 123 cm³/mol. The molecule has 0 radical (unpaired) electrons. The van der Waals surface area contributed by atoms with E-state index in [2.05, 4.69) is 23.9 Å². The number of nitro benzene ring substituents is 1. The first kappa shape index (κ1) is 24.1. The molecule has 8 heteroatoms. The molecule has 0 amide bonds. The van der Waals surface area contributed by atoms with Crippen molar-refractivity contribution in [2.24, 2.45) is 0 Å². The molecule has 2 aliphatic carbocycles. The molecule has 174 valence electrons. The molecule has 7 nitrogen and oxygen atoms in total. The minimum absolute atomic E-state index is 0.0366. The molecule has 1 unspecified atom stereocenters. The Morgan fingerprint density at radius 2 is 1.45 bits per heavy atom. The average molecular weight is 452 g/mol. The fraction of sp³-hybridized carbons (Fsp3) is 0.739. The molecule has 2 fully saturated rings. The van der Waals surface area contributed by atoms with Crippen molar-refractivity contribution in [1.29, 1.82) is 0 Å². The van der Waals surface area contributed by atoms with E-state index >= 15 is 0 Å². The molecule has 31 heavy (non-hydrogen) atoms. The third-order valence-corrected chi connectivity index (χ3v) is 9.06. The summed E-state index contributed by atoms with van der Waals surface area (Å²) in [5.41, 5.74) is -0.0909. The lowest BCUT2D eigenvalue weighted by atomic mass is 9.93. The van der Waals surface area contributed by atoms with Crippen molar-refractivity contribution in [3.8, 4) is 0 Å². The van der Waals surface area contributed by atoms with Crippen LogP contribution in [0.2, 0.25) is 0 Å². The molecule has 3 rings (SSSR count). The van der Waals surface area contributed by atoms with Gasteiger partial charge >= 0.3 is 0 Å². The monoisotopic (exact) mass is 451 g/mol. The first-order valence-corrected chi connectivity index (χ1v) is 13.3. The quantitative estimate of drug-likeness (QED) is 0.412. The fourth-order valence-electron chi connectivity index (χ4n) is 5.21. The number of non-ortho nitro benzene ring substituents is 1. The number of rotatable bonds is 9. The van der Waals surface area contributed by atoms with E-state index in [-0.39, 0.29) is 22.4 Å². The average Bonchev–Trinajstić information content (AvgIpc) is 2.79. The SMILES string of the molecule is CN(CC(CS(=O)(=O)c1ccc([N+](=O)[O-])cc1)N(C)C1CCCCC1)C1CCCCC1. The van der Waals surface area contributed by atoms with Crippen molar-refractivity contribution in [2.45, 2.75) is 87.2 Å². The Hall–Kier alpha value is -1.51. The summed E-state index contributed by atoms with van der Waals surface area (Å²) in [6, 6.07) is 6.15. The Bertz CT molecular complexity index is 816. The van der Waals surface area contributed by atoms with Gasteiger partial charge in [-0.15, -0.1) is 0 Å². The second-order valence-corrected chi connectivity index (χ2v) is 11.4. The molecule has 0 aromatic heterocycles. The lowest BCUT2D eigenvalue weighted by molar-refractivity contribution is -0.384. The largest absolute Gasteiger partial charge is 0.302 e. The van der Waals surface area contributed by atoms with Crippen LogP contribution in [0.4, 0.5) is 5.69 Å². The Balaban J connectivity index is 1.77. The number of nitro groups is 1. The van der Waals surface area contributed by atoms with Gasteiger partial charge in [-0.05, 0) is 51.9 Å². The van der Waals surface area contributed by atoms with Gasteiger partial charge in [0.1, 0.15) is 0 Å². The smallest absolute Gasteiger partial charge is 0.269 e. The van der Waals surface area contributed by atoms with Crippen molar-refractivity contribution in [1.82, 2.24) is 9.80 Å². The van der Waals surface area contributed by atoms with Gasteiger partial charge in [0.05, 0.1) is 15.6 Å². The summed E-state index contributed by atoms with van der Waals surface area (Å²) in [5, 5.41) is 10.9. The summed E-state index contributed by atoms with van der Waals surface area (Å²) in [7, 11) is 0.666. The van der Waals surface area contributed by atoms with Crippen molar-refractivity contribution < 1.29 is 13.3 Å². The van der Waals surface area contributed by atoms with Gasteiger partial charge in [-0.3, -0.25) is 15.0 Å². The van der Waals surface area contributed by atoms with Crippen molar-refractivity contribution in [2.75, 3.05) is 26.4 Å². The maximum atomic E-state index is 13.3. The third-order valence-electron chi connectivity index (χ3n) is 7.24. The molecule has 0 saturated heterocycles. The van der Waals surface area contributed by atoms with Gasteiger partial charge in [0.15, 0.2) is 9.84 Å². The van der Waals surface area contributed by atoms with Gasteiger partial charge in [-0.25, -0.2) is 8.42 Å². The summed E-state index contributed by atoms with van der Waals surface area (Å²) in [6.45, 7) is 0.726. The van der Waals surface area contributed by atoms with E-state index in [0.29, 0.717) is 12.1 Å². The zero-order chi connectivity index (χ0) is 22.4. The van der Waals surface area contributed by atoms with Crippen LogP contribution in [0, 0.1) is 10.1 Å². The topological polar surface area (TPSA) is 83.8 Å². The minimum atomic E-state index is -3.55. The molecule has 2 saturated carbocycles. The summed E-state index contributed by atoms with van der Waals surface area (Å²) in [6.07, 6.45) is 12.1. The van der Waals surface area contributed by atoms with Crippen LogP contribution in [0.25, 0.3) is 0 Å². The Morgan fingerprint density at radius 1 is 0.935 bits per heavy atom. The first-order chi connectivity index (χ1) is 14.8. The molecular formula is C23H37N3O4S. The van der Waals surface area contributed by atoms with Gasteiger partial charge in [0.25, 0.3) is 5.69 Å². The van der Waals surface area contributed by atoms with Crippen LogP contribution in [0.15, 0.2) is 29.2 Å².